The fourth-order valence-electron chi connectivity index (χ4n) is 1.14. The molecule has 0 bridgehead atoms. The van der Waals surface area contributed by atoms with Crippen LogP contribution in [-0.4, -0.2) is 17.4 Å². The summed E-state index contributed by atoms with van der Waals surface area (Å²) in [6, 6.07) is 5.24. The fraction of sp³-hybridized carbons (Fsp3) is 0.200. The molecule has 4 heteroatoms. The van der Waals surface area contributed by atoms with Crippen molar-refractivity contribution in [2.45, 2.75) is 12.8 Å². The van der Waals surface area contributed by atoms with Gasteiger partial charge in [-0.2, -0.15) is 0 Å². The minimum Gasteiger partial charge on any atom is -0.481 e. The molecule has 0 saturated carbocycles. The summed E-state index contributed by atoms with van der Waals surface area (Å²) in [5.41, 5.74) is 1.31. The second-order valence-corrected chi connectivity index (χ2v) is 3.77. The molecule has 0 aromatic heterocycles. The molecule has 0 aliphatic rings. The van der Waals surface area contributed by atoms with E-state index in [-0.39, 0.29) is 6.42 Å². The number of carboxylic acids is 1. The Morgan fingerprint density at radius 3 is 2.79 bits per heavy atom. The topological polar surface area (TPSA) is 54.4 Å². The standard InChI is InChI=1S/C10H9BrO3/c11-9-3-1-7(2-4-10(13)14)8(5-9)6-12/h1,3,5-6H,2,4H2,(H,13,14). The third kappa shape index (κ3) is 2.96. The van der Waals surface area contributed by atoms with Crippen LogP contribution in [0.5, 0.6) is 0 Å². The zero-order chi connectivity index (χ0) is 10.6. The lowest BCUT2D eigenvalue weighted by Gasteiger charge is -2.02. The molecule has 0 heterocycles. The van der Waals surface area contributed by atoms with E-state index in [4.69, 9.17) is 5.11 Å². The van der Waals surface area contributed by atoms with Gasteiger partial charge in [0.25, 0.3) is 0 Å². The van der Waals surface area contributed by atoms with Crippen molar-refractivity contribution in [1.29, 1.82) is 0 Å². The van der Waals surface area contributed by atoms with Gasteiger partial charge in [0, 0.05) is 16.5 Å². The summed E-state index contributed by atoms with van der Waals surface area (Å²) in [6.45, 7) is 0. The molecule has 0 atom stereocenters. The Morgan fingerprint density at radius 2 is 2.21 bits per heavy atom. The quantitative estimate of drug-likeness (QED) is 0.842. The number of hydrogen-bond donors (Lipinski definition) is 1. The normalized spacial score (nSPS) is 9.79. The van der Waals surface area contributed by atoms with Gasteiger partial charge in [0.2, 0.25) is 0 Å². The molecule has 74 valence electrons. The summed E-state index contributed by atoms with van der Waals surface area (Å²) in [4.78, 5) is 21.0. The van der Waals surface area contributed by atoms with Crippen LogP contribution in [0.25, 0.3) is 0 Å². The number of benzene rings is 1. The Morgan fingerprint density at radius 1 is 1.50 bits per heavy atom. The van der Waals surface area contributed by atoms with E-state index in [1.165, 1.54) is 0 Å². The first-order chi connectivity index (χ1) is 6.63. The molecule has 0 aliphatic carbocycles. The van der Waals surface area contributed by atoms with Crippen molar-refractivity contribution in [3.63, 3.8) is 0 Å². The maximum absolute atomic E-state index is 10.7. The highest BCUT2D eigenvalue weighted by Crippen LogP contribution is 2.16. The molecular formula is C10H9BrO3. The van der Waals surface area contributed by atoms with Gasteiger partial charge in [-0.15, -0.1) is 0 Å². The predicted molar refractivity (Wildman–Crippen MR) is 55.5 cm³/mol. The molecule has 3 nitrogen and oxygen atoms in total. The Hall–Kier alpha value is -1.16. The van der Waals surface area contributed by atoms with E-state index >= 15 is 0 Å². The monoisotopic (exact) mass is 256 g/mol. The molecular weight excluding hydrogens is 248 g/mol. The molecule has 0 unspecified atom stereocenters. The molecule has 1 aromatic rings. The van der Waals surface area contributed by atoms with Crippen LogP contribution in [0.15, 0.2) is 22.7 Å². The molecule has 1 N–H and O–H groups in total. The van der Waals surface area contributed by atoms with E-state index < -0.39 is 5.97 Å². The molecule has 0 radical (unpaired) electrons. The van der Waals surface area contributed by atoms with Gasteiger partial charge in [0.05, 0.1) is 0 Å². The van der Waals surface area contributed by atoms with E-state index in [0.29, 0.717) is 12.0 Å². The fourth-order valence-corrected chi connectivity index (χ4v) is 1.52. The van der Waals surface area contributed by atoms with E-state index in [1.807, 2.05) is 0 Å². The Balaban J connectivity index is 2.85. The van der Waals surface area contributed by atoms with Crippen LogP contribution < -0.4 is 0 Å². The second kappa shape index (κ2) is 4.91. The van der Waals surface area contributed by atoms with Gasteiger partial charge in [-0.05, 0) is 24.1 Å². The largest absolute Gasteiger partial charge is 0.481 e. The zero-order valence-electron chi connectivity index (χ0n) is 7.37. The first-order valence-corrected chi connectivity index (χ1v) is 4.88. The Kier molecular flexibility index (Phi) is 3.83. The Labute approximate surface area is 89.9 Å². The van der Waals surface area contributed by atoms with Crippen LogP contribution >= 0.6 is 15.9 Å². The van der Waals surface area contributed by atoms with Crippen molar-refractivity contribution in [2.24, 2.45) is 0 Å². The van der Waals surface area contributed by atoms with E-state index in [1.54, 1.807) is 18.2 Å². The smallest absolute Gasteiger partial charge is 0.303 e. The lowest BCUT2D eigenvalue weighted by molar-refractivity contribution is -0.136. The third-order valence-electron chi connectivity index (χ3n) is 1.84. The van der Waals surface area contributed by atoms with Crippen molar-refractivity contribution in [3.8, 4) is 0 Å². The minimum absolute atomic E-state index is 0.0441. The van der Waals surface area contributed by atoms with E-state index in [2.05, 4.69) is 15.9 Å². The minimum atomic E-state index is -0.857. The molecule has 1 aromatic carbocycles. The first-order valence-electron chi connectivity index (χ1n) is 4.09. The van der Waals surface area contributed by atoms with Gasteiger partial charge in [-0.3, -0.25) is 9.59 Å². The number of hydrogen-bond acceptors (Lipinski definition) is 2. The van der Waals surface area contributed by atoms with Crippen molar-refractivity contribution in [3.05, 3.63) is 33.8 Å². The summed E-state index contributed by atoms with van der Waals surface area (Å²) >= 11 is 3.24. The summed E-state index contributed by atoms with van der Waals surface area (Å²) in [5.74, 6) is -0.857. The number of carbonyl (C=O) groups excluding carboxylic acids is 1. The van der Waals surface area contributed by atoms with Gasteiger partial charge < -0.3 is 5.11 Å². The van der Waals surface area contributed by atoms with Gasteiger partial charge in [0.1, 0.15) is 6.29 Å². The number of aryl methyl sites for hydroxylation is 1. The van der Waals surface area contributed by atoms with E-state index in [0.717, 1.165) is 16.3 Å². The summed E-state index contributed by atoms with van der Waals surface area (Å²) in [5, 5.41) is 8.50. The maximum Gasteiger partial charge on any atom is 0.303 e. The van der Waals surface area contributed by atoms with Crippen LogP contribution in [0.3, 0.4) is 0 Å². The van der Waals surface area contributed by atoms with Crippen molar-refractivity contribution in [1.82, 2.24) is 0 Å². The Bertz CT molecular complexity index is 360. The summed E-state index contributed by atoms with van der Waals surface area (Å²) in [6.07, 6.45) is 1.17. The maximum atomic E-state index is 10.7. The summed E-state index contributed by atoms with van der Waals surface area (Å²) in [7, 11) is 0. The lowest BCUT2D eigenvalue weighted by Crippen LogP contribution is -2.00. The average molecular weight is 257 g/mol. The number of aliphatic carboxylic acids is 1. The van der Waals surface area contributed by atoms with Gasteiger partial charge >= 0.3 is 5.97 Å². The average Bonchev–Trinajstić information content (AvgIpc) is 2.15. The summed E-state index contributed by atoms with van der Waals surface area (Å²) < 4.78 is 0.818. The molecule has 0 spiro atoms. The second-order valence-electron chi connectivity index (χ2n) is 2.85. The molecule has 0 saturated heterocycles. The van der Waals surface area contributed by atoms with Crippen LogP contribution in [0.2, 0.25) is 0 Å². The van der Waals surface area contributed by atoms with Gasteiger partial charge in [-0.25, -0.2) is 0 Å². The first kappa shape index (κ1) is 10.9. The molecule has 14 heavy (non-hydrogen) atoms. The third-order valence-corrected chi connectivity index (χ3v) is 2.34. The highest BCUT2D eigenvalue weighted by atomic mass is 79.9. The highest BCUT2D eigenvalue weighted by molar-refractivity contribution is 9.10. The van der Waals surface area contributed by atoms with Gasteiger partial charge in [0.15, 0.2) is 0 Å². The number of aldehydes is 1. The van der Waals surface area contributed by atoms with E-state index in [9.17, 15) is 9.59 Å². The van der Waals surface area contributed by atoms with Crippen molar-refractivity contribution >= 4 is 28.2 Å². The highest BCUT2D eigenvalue weighted by Gasteiger charge is 2.04. The van der Waals surface area contributed by atoms with Crippen LogP contribution in [0, 0.1) is 0 Å². The van der Waals surface area contributed by atoms with Gasteiger partial charge in [-0.1, -0.05) is 22.0 Å². The zero-order valence-corrected chi connectivity index (χ0v) is 8.95. The SMILES string of the molecule is O=Cc1cc(Br)ccc1CCC(=O)O. The lowest BCUT2D eigenvalue weighted by atomic mass is 10.0. The molecule has 0 aliphatic heterocycles. The number of rotatable bonds is 4. The number of carboxylic acid groups (broad SMARTS) is 1. The predicted octanol–water partition coefficient (Wildman–Crippen LogP) is 2.28. The number of halogens is 1. The van der Waals surface area contributed by atoms with Crippen LogP contribution in [-0.2, 0) is 11.2 Å². The molecule has 0 amide bonds. The van der Waals surface area contributed by atoms with Crippen molar-refractivity contribution < 1.29 is 14.7 Å². The van der Waals surface area contributed by atoms with Crippen molar-refractivity contribution in [2.75, 3.05) is 0 Å². The molecule has 1 rings (SSSR count). The van der Waals surface area contributed by atoms with Crippen LogP contribution in [0.4, 0.5) is 0 Å². The number of carbonyl (C=O) groups is 2. The molecule has 0 fully saturated rings. The van der Waals surface area contributed by atoms with Crippen LogP contribution in [0.1, 0.15) is 22.3 Å².